The maximum atomic E-state index is 5.57. The van der Waals surface area contributed by atoms with Crippen LogP contribution < -0.4 is 15.4 Å². The summed E-state index contributed by atoms with van der Waals surface area (Å²) in [6.45, 7) is 1.87. The molecule has 0 amide bonds. The largest absolute Gasteiger partial charge is 0.467 e. The molecule has 1 rings (SSSR count). The van der Waals surface area contributed by atoms with Crippen molar-refractivity contribution < 1.29 is 4.74 Å². The molecule has 0 fully saturated rings. The predicted molar refractivity (Wildman–Crippen MR) is 67.2 cm³/mol. The third kappa shape index (κ3) is 4.39. The first-order chi connectivity index (χ1) is 8.02. The lowest BCUT2D eigenvalue weighted by atomic mass is 10.4. The maximum Gasteiger partial charge on any atom is 0.322 e. The molecule has 0 unspecified atom stereocenters. The Morgan fingerprint density at radius 1 is 1.12 bits per heavy atom. The molecule has 2 N–H and O–H groups in total. The fourth-order valence-corrected chi connectivity index (χ4v) is 1.35. The van der Waals surface area contributed by atoms with Crippen molar-refractivity contribution in [2.24, 2.45) is 0 Å². The van der Waals surface area contributed by atoms with E-state index in [1.165, 1.54) is 7.11 Å². The molecule has 0 saturated heterocycles. The lowest BCUT2D eigenvalue weighted by molar-refractivity contribution is 0.378. The van der Waals surface area contributed by atoms with Gasteiger partial charge >= 0.3 is 6.01 Å². The normalized spacial score (nSPS) is 10.6. The monoisotopic (exact) mass is 240 g/mol. The standard InChI is InChI=1S/C10H20N6O/c1-15(2)6-5-7-16(3)9-12-8(11)13-10(14-9)17-4/h5-7H2,1-4H3,(H2,11,12,13,14). The molecule has 7 heteroatoms. The van der Waals surface area contributed by atoms with Crippen molar-refractivity contribution in [1.29, 1.82) is 0 Å². The maximum absolute atomic E-state index is 5.57. The molecule has 1 aromatic rings. The Hall–Kier alpha value is -1.63. The molecule has 0 aromatic carbocycles. The molecule has 0 aliphatic carbocycles. The highest BCUT2D eigenvalue weighted by atomic mass is 16.5. The van der Waals surface area contributed by atoms with Gasteiger partial charge in [-0.15, -0.1) is 0 Å². The van der Waals surface area contributed by atoms with Gasteiger partial charge in [0.05, 0.1) is 7.11 Å². The van der Waals surface area contributed by atoms with Crippen LogP contribution in [0.3, 0.4) is 0 Å². The van der Waals surface area contributed by atoms with E-state index in [0.29, 0.717) is 5.95 Å². The summed E-state index contributed by atoms with van der Waals surface area (Å²) in [6, 6.07) is 0.243. The molecule has 0 spiro atoms. The lowest BCUT2D eigenvalue weighted by Crippen LogP contribution is -2.25. The minimum atomic E-state index is 0.173. The van der Waals surface area contributed by atoms with E-state index in [2.05, 4.69) is 19.9 Å². The average molecular weight is 240 g/mol. The SMILES string of the molecule is COc1nc(N)nc(N(C)CCCN(C)C)n1. The van der Waals surface area contributed by atoms with E-state index < -0.39 is 0 Å². The number of nitrogens with two attached hydrogens (primary N) is 1. The van der Waals surface area contributed by atoms with E-state index in [4.69, 9.17) is 10.5 Å². The van der Waals surface area contributed by atoms with Crippen LogP contribution in [0.2, 0.25) is 0 Å². The van der Waals surface area contributed by atoms with E-state index in [1.54, 1.807) is 0 Å². The molecule has 0 atom stereocenters. The number of anilines is 2. The number of hydrogen-bond acceptors (Lipinski definition) is 7. The third-order valence-electron chi connectivity index (χ3n) is 2.24. The first kappa shape index (κ1) is 13.4. The van der Waals surface area contributed by atoms with E-state index in [9.17, 15) is 0 Å². The van der Waals surface area contributed by atoms with Gasteiger partial charge in [-0.1, -0.05) is 0 Å². The first-order valence-corrected chi connectivity index (χ1v) is 5.44. The summed E-state index contributed by atoms with van der Waals surface area (Å²) in [4.78, 5) is 16.1. The van der Waals surface area contributed by atoms with Crippen LogP contribution >= 0.6 is 0 Å². The van der Waals surface area contributed by atoms with Crippen LogP contribution in [-0.2, 0) is 0 Å². The Balaban J connectivity index is 2.61. The van der Waals surface area contributed by atoms with Gasteiger partial charge in [-0.2, -0.15) is 15.0 Å². The zero-order valence-corrected chi connectivity index (χ0v) is 10.8. The number of methoxy groups -OCH3 is 1. The molecular weight excluding hydrogens is 220 g/mol. The van der Waals surface area contributed by atoms with Gasteiger partial charge in [0, 0.05) is 13.6 Å². The zero-order chi connectivity index (χ0) is 12.8. The fourth-order valence-electron chi connectivity index (χ4n) is 1.35. The number of rotatable bonds is 6. The smallest absolute Gasteiger partial charge is 0.322 e. The van der Waals surface area contributed by atoms with Crippen molar-refractivity contribution >= 4 is 11.9 Å². The van der Waals surface area contributed by atoms with Crippen LogP contribution in [0, 0.1) is 0 Å². The number of nitrogens with zero attached hydrogens (tertiary/aromatic N) is 5. The van der Waals surface area contributed by atoms with Crippen LogP contribution in [0.25, 0.3) is 0 Å². The summed E-state index contributed by atoms with van der Waals surface area (Å²) in [5.41, 5.74) is 5.57. The Bertz CT molecular complexity index is 357. The summed E-state index contributed by atoms with van der Waals surface area (Å²) in [5.74, 6) is 0.708. The molecule has 0 aliphatic heterocycles. The van der Waals surface area contributed by atoms with Crippen LogP contribution in [0.4, 0.5) is 11.9 Å². The van der Waals surface area contributed by atoms with E-state index >= 15 is 0 Å². The zero-order valence-electron chi connectivity index (χ0n) is 10.8. The Morgan fingerprint density at radius 3 is 2.41 bits per heavy atom. The van der Waals surface area contributed by atoms with Crippen molar-refractivity contribution in [3.8, 4) is 6.01 Å². The van der Waals surface area contributed by atoms with E-state index in [0.717, 1.165) is 19.5 Å². The van der Waals surface area contributed by atoms with Crippen LogP contribution in [0.1, 0.15) is 6.42 Å². The van der Waals surface area contributed by atoms with Crippen molar-refractivity contribution in [3.05, 3.63) is 0 Å². The molecule has 1 heterocycles. The highest BCUT2D eigenvalue weighted by Gasteiger charge is 2.08. The van der Waals surface area contributed by atoms with Gasteiger partial charge in [-0.05, 0) is 27.1 Å². The Kier molecular flexibility index (Phi) is 4.89. The Morgan fingerprint density at radius 2 is 1.82 bits per heavy atom. The number of nitrogen functional groups attached to an aromatic ring is 1. The van der Waals surface area contributed by atoms with Gasteiger partial charge in [-0.3, -0.25) is 0 Å². The van der Waals surface area contributed by atoms with Gasteiger partial charge in [0.25, 0.3) is 0 Å². The quantitative estimate of drug-likeness (QED) is 0.740. The molecule has 0 saturated carbocycles. The van der Waals surface area contributed by atoms with Gasteiger partial charge in [-0.25, -0.2) is 0 Å². The summed E-state index contributed by atoms with van der Waals surface area (Å²) >= 11 is 0. The summed E-state index contributed by atoms with van der Waals surface area (Å²) in [5, 5.41) is 0. The van der Waals surface area contributed by atoms with Crippen LogP contribution in [0.15, 0.2) is 0 Å². The minimum Gasteiger partial charge on any atom is -0.467 e. The molecule has 96 valence electrons. The topological polar surface area (TPSA) is 80.4 Å². The predicted octanol–water partition coefficient (Wildman–Crippen LogP) is -0.150. The second-order valence-corrected chi connectivity index (χ2v) is 4.06. The minimum absolute atomic E-state index is 0.173. The second kappa shape index (κ2) is 6.19. The summed E-state index contributed by atoms with van der Waals surface area (Å²) in [7, 11) is 7.52. The number of aromatic nitrogens is 3. The molecule has 7 nitrogen and oxygen atoms in total. The van der Waals surface area contributed by atoms with Gasteiger partial charge in [0.15, 0.2) is 0 Å². The summed E-state index contributed by atoms with van der Waals surface area (Å²) < 4.78 is 4.95. The van der Waals surface area contributed by atoms with Crippen molar-refractivity contribution in [1.82, 2.24) is 19.9 Å². The van der Waals surface area contributed by atoms with E-state index in [1.807, 2.05) is 26.0 Å². The molecule has 0 radical (unpaired) electrons. The molecule has 1 aromatic heterocycles. The first-order valence-electron chi connectivity index (χ1n) is 5.44. The molecule has 0 aliphatic rings. The molecular formula is C10H20N6O. The lowest BCUT2D eigenvalue weighted by Gasteiger charge is -2.18. The Labute approximate surface area is 102 Å². The molecule has 17 heavy (non-hydrogen) atoms. The second-order valence-electron chi connectivity index (χ2n) is 4.06. The average Bonchev–Trinajstić information content (AvgIpc) is 2.27. The van der Waals surface area contributed by atoms with Crippen molar-refractivity contribution in [2.75, 3.05) is 52.0 Å². The van der Waals surface area contributed by atoms with Crippen molar-refractivity contribution in [2.45, 2.75) is 6.42 Å². The number of hydrogen-bond donors (Lipinski definition) is 1. The van der Waals surface area contributed by atoms with Gasteiger partial charge in [0.2, 0.25) is 11.9 Å². The van der Waals surface area contributed by atoms with Crippen LogP contribution in [0.5, 0.6) is 6.01 Å². The van der Waals surface area contributed by atoms with E-state index in [-0.39, 0.29) is 12.0 Å². The fraction of sp³-hybridized carbons (Fsp3) is 0.700. The highest BCUT2D eigenvalue weighted by molar-refractivity contribution is 5.34. The van der Waals surface area contributed by atoms with Gasteiger partial charge < -0.3 is 20.3 Å². The number of ether oxygens (including phenoxy) is 1. The van der Waals surface area contributed by atoms with Gasteiger partial charge in [0.1, 0.15) is 0 Å². The third-order valence-corrected chi connectivity index (χ3v) is 2.24. The molecule has 0 bridgehead atoms. The summed E-state index contributed by atoms with van der Waals surface area (Å²) in [6.07, 6.45) is 1.03. The van der Waals surface area contributed by atoms with Crippen LogP contribution in [-0.4, -0.2) is 61.2 Å². The highest BCUT2D eigenvalue weighted by Crippen LogP contribution is 2.11. The van der Waals surface area contributed by atoms with Crippen molar-refractivity contribution in [3.63, 3.8) is 0 Å².